The highest BCUT2D eigenvalue weighted by atomic mass is 32.2. The summed E-state index contributed by atoms with van der Waals surface area (Å²) in [6.07, 6.45) is 2.51. The van der Waals surface area contributed by atoms with Gasteiger partial charge in [0.25, 0.3) is 0 Å². The molecule has 214 valence electrons. The van der Waals surface area contributed by atoms with Gasteiger partial charge >= 0.3 is 22.4 Å². The number of nitrogens with one attached hydrogen (secondary N) is 4. The molecule has 1 saturated carbocycles. The number of hydrogen-bond acceptors (Lipinski definition) is 8. The minimum absolute atomic E-state index is 0.0252. The van der Waals surface area contributed by atoms with Crippen molar-refractivity contribution in [2.24, 2.45) is 17.8 Å². The second kappa shape index (κ2) is 15.3. The quantitative estimate of drug-likeness (QED) is 0.165. The molecule has 0 spiro atoms. The first-order valence-corrected chi connectivity index (χ1v) is 14.5. The van der Waals surface area contributed by atoms with Crippen molar-refractivity contribution < 1.29 is 37.4 Å². The standard InChI is InChI=1S/C26H36N4O8S/c31-16-20(17-37-26(34)30-39(35,36)28-15-19-9-4-3-5-10-19)29-24(32)13-8-14-27-25(33)38-18-23-21-11-6-1-2-7-12-22(21)23/h3-5,9-10,20-23,28,31H,6-8,11-18H2,(H,27,33)(H,29,32)(H,30,34)/t20-,21-,22+,23-/m0/s1. The molecule has 0 heterocycles. The van der Waals surface area contributed by atoms with Gasteiger partial charge in [-0.1, -0.05) is 30.3 Å². The van der Waals surface area contributed by atoms with Crippen LogP contribution in [0.4, 0.5) is 9.59 Å². The molecule has 2 aliphatic rings. The van der Waals surface area contributed by atoms with Crippen LogP contribution in [0.15, 0.2) is 30.3 Å². The van der Waals surface area contributed by atoms with E-state index in [2.05, 4.69) is 27.2 Å². The van der Waals surface area contributed by atoms with Crippen LogP contribution < -0.4 is 20.1 Å². The van der Waals surface area contributed by atoms with Crippen molar-refractivity contribution in [2.75, 3.05) is 26.4 Å². The van der Waals surface area contributed by atoms with Gasteiger partial charge < -0.3 is 25.2 Å². The zero-order chi connectivity index (χ0) is 28.1. The van der Waals surface area contributed by atoms with Crippen molar-refractivity contribution in [3.05, 3.63) is 35.9 Å². The van der Waals surface area contributed by atoms with Gasteiger partial charge in [-0.25, -0.2) is 14.3 Å². The van der Waals surface area contributed by atoms with Crippen LogP contribution in [0.3, 0.4) is 0 Å². The number of aliphatic hydroxyl groups is 1. The van der Waals surface area contributed by atoms with Gasteiger partial charge in [-0.05, 0) is 42.6 Å². The maximum atomic E-state index is 12.1. The van der Waals surface area contributed by atoms with E-state index in [1.165, 1.54) is 0 Å². The maximum Gasteiger partial charge on any atom is 0.421 e. The number of alkyl carbamates (subject to hydrolysis) is 1. The van der Waals surface area contributed by atoms with Gasteiger partial charge in [-0.3, -0.25) is 4.79 Å². The van der Waals surface area contributed by atoms with Gasteiger partial charge in [0, 0.05) is 32.4 Å². The van der Waals surface area contributed by atoms with Crippen LogP contribution in [0.5, 0.6) is 0 Å². The molecule has 39 heavy (non-hydrogen) atoms. The van der Waals surface area contributed by atoms with Gasteiger partial charge in [0.05, 0.1) is 19.3 Å². The first kappa shape index (κ1) is 30.2. The number of aliphatic hydroxyl groups excluding tert-OH is 1. The third-order valence-electron chi connectivity index (χ3n) is 6.62. The Labute approximate surface area is 228 Å². The van der Waals surface area contributed by atoms with Crippen LogP contribution in [0.25, 0.3) is 0 Å². The molecule has 0 radical (unpaired) electrons. The van der Waals surface area contributed by atoms with E-state index in [1.807, 2.05) is 0 Å². The van der Waals surface area contributed by atoms with Crippen LogP contribution in [0, 0.1) is 29.6 Å². The minimum Gasteiger partial charge on any atom is -0.449 e. The summed E-state index contributed by atoms with van der Waals surface area (Å²) < 4.78 is 38.0. The van der Waals surface area contributed by atoms with Gasteiger partial charge in [0.1, 0.15) is 6.61 Å². The molecular weight excluding hydrogens is 528 g/mol. The fourth-order valence-corrected chi connectivity index (χ4v) is 5.22. The molecule has 0 unspecified atom stereocenters. The van der Waals surface area contributed by atoms with Gasteiger partial charge in [0.15, 0.2) is 0 Å². The average molecular weight is 565 g/mol. The molecule has 0 saturated heterocycles. The Bertz CT molecular complexity index is 1120. The van der Waals surface area contributed by atoms with Crippen LogP contribution >= 0.6 is 0 Å². The lowest BCUT2D eigenvalue weighted by molar-refractivity contribution is -0.122. The van der Waals surface area contributed by atoms with E-state index in [-0.39, 0.29) is 19.5 Å². The molecule has 1 aromatic rings. The molecule has 0 aromatic heterocycles. The fraction of sp³-hybridized carbons (Fsp3) is 0.577. The highest BCUT2D eigenvalue weighted by molar-refractivity contribution is 7.88. The lowest BCUT2D eigenvalue weighted by Crippen LogP contribution is -2.44. The number of carbonyl (C=O) groups excluding carboxylic acids is 3. The number of benzene rings is 1. The smallest absolute Gasteiger partial charge is 0.421 e. The van der Waals surface area contributed by atoms with E-state index in [0.29, 0.717) is 36.3 Å². The topological polar surface area (TPSA) is 172 Å². The SMILES string of the molecule is O=C(CCCNC(=O)OC[C@@H]1[C@@H]2CCC#CCC[C@@H]21)N[C@@H](CO)COC(=O)NS(=O)(=O)NCc1ccccc1. The van der Waals surface area contributed by atoms with E-state index >= 15 is 0 Å². The van der Waals surface area contributed by atoms with E-state index in [0.717, 1.165) is 25.7 Å². The van der Waals surface area contributed by atoms with E-state index < -0.39 is 47.6 Å². The molecule has 0 bridgehead atoms. The molecule has 2 aliphatic carbocycles. The van der Waals surface area contributed by atoms with Gasteiger partial charge in [-0.15, -0.1) is 11.8 Å². The number of rotatable bonds is 14. The molecule has 12 nitrogen and oxygen atoms in total. The third-order valence-corrected chi connectivity index (χ3v) is 7.58. The van der Waals surface area contributed by atoms with Crippen molar-refractivity contribution in [2.45, 2.75) is 51.1 Å². The summed E-state index contributed by atoms with van der Waals surface area (Å²) >= 11 is 0. The van der Waals surface area contributed by atoms with Gasteiger partial charge in [-0.2, -0.15) is 13.1 Å². The first-order valence-electron chi connectivity index (χ1n) is 13.0. The Morgan fingerprint density at radius 2 is 1.72 bits per heavy atom. The highest BCUT2D eigenvalue weighted by Gasteiger charge is 2.49. The summed E-state index contributed by atoms with van der Waals surface area (Å²) in [6, 6.07) is 7.79. The molecule has 4 atom stereocenters. The summed E-state index contributed by atoms with van der Waals surface area (Å²) in [7, 11) is -4.17. The lowest BCUT2D eigenvalue weighted by atomic mass is 10.1. The van der Waals surface area contributed by atoms with Crippen LogP contribution in [0.2, 0.25) is 0 Å². The summed E-state index contributed by atoms with van der Waals surface area (Å²) in [5.74, 6) is 7.45. The zero-order valence-corrected chi connectivity index (χ0v) is 22.5. The number of amides is 3. The monoisotopic (exact) mass is 564 g/mol. The fourth-order valence-electron chi connectivity index (χ4n) is 4.51. The number of carbonyl (C=O) groups is 3. The Morgan fingerprint density at radius 3 is 2.38 bits per heavy atom. The molecule has 5 N–H and O–H groups in total. The summed E-state index contributed by atoms with van der Waals surface area (Å²) in [6.45, 7) is -0.380. The molecule has 13 heteroatoms. The number of fused-ring (bicyclic) bond motifs is 1. The van der Waals surface area contributed by atoms with Crippen molar-refractivity contribution in [3.8, 4) is 11.8 Å². The van der Waals surface area contributed by atoms with Crippen molar-refractivity contribution in [1.82, 2.24) is 20.1 Å². The molecule has 3 rings (SSSR count). The number of hydrogen-bond donors (Lipinski definition) is 5. The highest BCUT2D eigenvalue weighted by Crippen LogP contribution is 2.52. The first-order chi connectivity index (χ1) is 18.8. The minimum atomic E-state index is -4.17. The average Bonchev–Trinajstić information content (AvgIpc) is 3.55. The van der Waals surface area contributed by atoms with Crippen LogP contribution in [0.1, 0.15) is 44.1 Å². The zero-order valence-electron chi connectivity index (χ0n) is 21.7. The Kier molecular flexibility index (Phi) is 11.9. The van der Waals surface area contributed by atoms with E-state index in [9.17, 15) is 27.9 Å². The second-order valence-corrected chi connectivity index (χ2v) is 11.0. The summed E-state index contributed by atoms with van der Waals surface area (Å²) in [5.41, 5.74) is 0.698. The maximum absolute atomic E-state index is 12.1. The normalized spacial score (nSPS) is 20.5. The van der Waals surface area contributed by atoms with Gasteiger partial charge in [0.2, 0.25) is 5.91 Å². The van der Waals surface area contributed by atoms with Crippen LogP contribution in [-0.2, 0) is 31.0 Å². The lowest BCUT2D eigenvalue weighted by Gasteiger charge is -2.17. The summed E-state index contributed by atoms with van der Waals surface area (Å²) in [4.78, 5) is 35.9. The van der Waals surface area contributed by atoms with E-state index in [1.54, 1.807) is 35.1 Å². The largest absolute Gasteiger partial charge is 0.449 e. The molecular formula is C26H36N4O8S. The van der Waals surface area contributed by atoms with Crippen molar-refractivity contribution in [1.29, 1.82) is 0 Å². The molecule has 0 aliphatic heterocycles. The summed E-state index contributed by atoms with van der Waals surface area (Å²) in [5, 5.41) is 14.6. The Balaban J connectivity index is 1.23. The van der Waals surface area contributed by atoms with E-state index in [4.69, 9.17) is 9.47 Å². The van der Waals surface area contributed by atoms with Crippen molar-refractivity contribution in [3.63, 3.8) is 0 Å². The molecule has 1 fully saturated rings. The third kappa shape index (κ3) is 11.1. The molecule has 1 aromatic carbocycles. The number of ether oxygens (including phenoxy) is 2. The van der Waals surface area contributed by atoms with Crippen LogP contribution in [-0.4, -0.2) is 64.0 Å². The predicted molar refractivity (Wildman–Crippen MR) is 141 cm³/mol. The molecule has 3 amide bonds. The predicted octanol–water partition coefficient (Wildman–Crippen LogP) is 1.17. The Hall–Kier alpha value is -3.34. The Morgan fingerprint density at radius 1 is 1.03 bits per heavy atom. The van der Waals surface area contributed by atoms with Crippen molar-refractivity contribution >= 4 is 28.3 Å². The second-order valence-electron chi connectivity index (χ2n) is 9.51.